The van der Waals surface area contributed by atoms with Gasteiger partial charge >= 0.3 is 0 Å². The standard InChI is InChI=1S/C10H15N3O2S/c1-6(2)4-12-8(14)3-7-5-16-10(13-7)9(11)15/h5-6H,3-4H2,1-2H3,(H2,11,15)(H,12,14). The average Bonchev–Trinajstić information content (AvgIpc) is 2.63. The summed E-state index contributed by atoms with van der Waals surface area (Å²) in [5, 5.41) is 4.70. The highest BCUT2D eigenvalue weighted by atomic mass is 32.1. The second-order valence-electron chi connectivity index (χ2n) is 3.88. The number of primary amides is 1. The van der Waals surface area contributed by atoms with Gasteiger partial charge in [0.15, 0.2) is 5.01 Å². The van der Waals surface area contributed by atoms with Crippen LogP contribution in [0.2, 0.25) is 0 Å². The van der Waals surface area contributed by atoms with Crippen molar-refractivity contribution >= 4 is 23.2 Å². The first kappa shape index (κ1) is 12.6. The van der Waals surface area contributed by atoms with Gasteiger partial charge in [-0.1, -0.05) is 13.8 Å². The molecule has 0 unspecified atom stereocenters. The van der Waals surface area contributed by atoms with Crippen LogP contribution in [0.1, 0.15) is 29.3 Å². The number of nitrogens with zero attached hydrogens (tertiary/aromatic N) is 1. The van der Waals surface area contributed by atoms with E-state index in [1.54, 1.807) is 5.38 Å². The molecule has 0 atom stereocenters. The van der Waals surface area contributed by atoms with Gasteiger partial charge in [-0.3, -0.25) is 9.59 Å². The minimum Gasteiger partial charge on any atom is -0.364 e. The molecule has 0 aromatic carbocycles. The number of carbonyl (C=O) groups excluding carboxylic acids is 2. The van der Waals surface area contributed by atoms with E-state index in [2.05, 4.69) is 10.3 Å². The smallest absolute Gasteiger partial charge is 0.277 e. The summed E-state index contributed by atoms with van der Waals surface area (Å²) in [6, 6.07) is 0. The molecule has 0 aliphatic carbocycles. The fraction of sp³-hybridized carbons (Fsp3) is 0.500. The number of thiazole rings is 1. The average molecular weight is 241 g/mol. The topological polar surface area (TPSA) is 85.1 Å². The van der Waals surface area contributed by atoms with Gasteiger partial charge in [-0.25, -0.2) is 4.98 Å². The number of hydrogen-bond acceptors (Lipinski definition) is 4. The molecule has 1 aromatic heterocycles. The highest BCUT2D eigenvalue weighted by molar-refractivity contribution is 7.11. The lowest BCUT2D eigenvalue weighted by atomic mass is 10.2. The molecule has 0 saturated heterocycles. The van der Waals surface area contributed by atoms with Gasteiger partial charge in [0, 0.05) is 11.9 Å². The molecule has 0 aliphatic rings. The molecule has 0 radical (unpaired) electrons. The van der Waals surface area contributed by atoms with Gasteiger partial charge in [-0.2, -0.15) is 0 Å². The second-order valence-corrected chi connectivity index (χ2v) is 4.74. The van der Waals surface area contributed by atoms with Gasteiger partial charge in [-0.05, 0) is 5.92 Å². The summed E-state index contributed by atoms with van der Waals surface area (Å²) in [4.78, 5) is 26.2. The maximum absolute atomic E-state index is 11.4. The third-order valence-electron chi connectivity index (χ3n) is 1.81. The van der Waals surface area contributed by atoms with Crippen LogP contribution in [0, 0.1) is 5.92 Å². The predicted molar refractivity (Wildman–Crippen MR) is 62.2 cm³/mol. The van der Waals surface area contributed by atoms with Gasteiger partial charge in [0.2, 0.25) is 5.91 Å². The number of amides is 2. The molecule has 1 heterocycles. The minimum absolute atomic E-state index is 0.0879. The van der Waals surface area contributed by atoms with E-state index in [1.807, 2.05) is 13.8 Å². The van der Waals surface area contributed by atoms with Crippen molar-refractivity contribution in [3.63, 3.8) is 0 Å². The van der Waals surface area contributed by atoms with Crippen molar-refractivity contribution in [2.24, 2.45) is 11.7 Å². The molecule has 88 valence electrons. The molecule has 2 amide bonds. The van der Waals surface area contributed by atoms with Crippen LogP contribution in [0.5, 0.6) is 0 Å². The van der Waals surface area contributed by atoms with Crippen LogP contribution < -0.4 is 11.1 Å². The summed E-state index contributed by atoms with van der Waals surface area (Å²) in [5.74, 6) is -0.227. The maximum Gasteiger partial charge on any atom is 0.277 e. The van der Waals surface area contributed by atoms with Crippen molar-refractivity contribution in [3.05, 3.63) is 16.1 Å². The summed E-state index contributed by atoms with van der Waals surface area (Å²) < 4.78 is 0. The Morgan fingerprint density at radius 1 is 1.56 bits per heavy atom. The number of hydrogen-bond donors (Lipinski definition) is 2. The van der Waals surface area contributed by atoms with E-state index < -0.39 is 5.91 Å². The van der Waals surface area contributed by atoms with Crippen molar-refractivity contribution in [2.75, 3.05) is 6.54 Å². The lowest BCUT2D eigenvalue weighted by Gasteiger charge is -2.05. The Kier molecular flexibility index (Phi) is 4.42. The zero-order valence-corrected chi connectivity index (χ0v) is 10.1. The van der Waals surface area contributed by atoms with Gasteiger partial charge in [0.1, 0.15) is 0 Å². The third kappa shape index (κ3) is 3.98. The van der Waals surface area contributed by atoms with Gasteiger partial charge in [-0.15, -0.1) is 11.3 Å². The van der Waals surface area contributed by atoms with Crippen LogP contribution in [-0.2, 0) is 11.2 Å². The fourth-order valence-corrected chi connectivity index (χ4v) is 1.72. The lowest BCUT2D eigenvalue weighted by Crippen LogP contribution is -2.28. The Bertz CT molecular complexity index is 387. The van der Waals surface area contributed by atoms with E-state index in [4.69, 9.17) is 5.73 Å². The van der Waals surface area contributed by atoms with Gasteiger partial charge in [0.05, 0.1) is 12.1 Å². The molecular formula is C10H15N3O2S. The lowest BCUT2D eigenvalue weighted by molar-refractivity contribution is -0.120. The van der Waals surface area contributed by atoms with Crippen molar-refractivity contribution in [1.82, 2.24) is 10.3 Å². The first-order valence-electron chi connectivity index (χ1n) is 5.00. The molecule has 3 N–H and O–H groups in total. The van der Waals surface area contributed by atoms with E-state index in [-0.39, 0.29) is 17.3 Å². The Balaban J connectivity index is 2.46. The Hall–Kier alpha value is -1.43. The monoisotopic (exact) mass is 241 g/mol. The molecular weight excluding hydrogens is 226 g/mol. The molecule has 5 nitrogen and oxygen atoms in total. The normalized spacial score (nSPS) is 10.4. The minimum atomic E-state index is -0.557. The van der Waals surface area contributed by atoms with Crippen LogP contribution in [0.4, 0.5) is 0 Å². The molecule has 16 heavy (non-hydrogen) atoms. The van der Waals surface area contributed by atoms with Crippen LogP contribution in [0.3, 0.4) is 0 Å². The molecule has 0 saturated carbocycles. The largest absolute Gasteiger partial charge is 0.364 e. The third-order valence-corrected chi connectivity index (χ3v) is 2.72. The van der Waals surface area contributed by atoms with Crippen molar-refractivity contribution in [2.45, 2.75) is 20.3 Å². The zero-order valence-electron chi connectivity index (χ0n) is 9.32. The van der Waals surface area contributed by atoms with Crippen molar-refractivity contribution < 1.29 is 9.59 Å². The highest BCUT2D eigenvalue weighted by Gasteiger charge is 2.10. The molecule has 1 aromatic rings. The number of aromatic nitrogens is 1. The fourth-order valence-electron chi connectivity index (χ4n) is 1.05. The quantitative estimate of drug-likeness (QED) is 0.789. The zero-order chi connectivity index (χ0) is 12.1. The van der Waals surface area contributed by atoms with E-state index >= 15 is 0 Å². The van der Waals surface area contributed by atoms with Crippen molar-refractivity contribution in [1.29, 1.82) is 0 Å². The first-order valence-corrected chi connectivity index (χ1v) is 5.88. The predicted octanol–water partition coefficient (Wildman–Crippen LogP) is 0.557. The van der Waals surface area contributed by atoms with E-state index in [1.165, 1.54) is 0 Å². The summed E-state index contributed by atoms with van der Waals surface area (Å²) in [5.41, 5.74) is 5.65. The molecule has 0 aliphatic heterocycles. The molecule has 1 rings (SSSR count). The van der Waals surface area contributed by atoms with E-state index in [9.17, 15) is 9.59 Å². The summed E-state index contributed by atoms with van der Waals surface area (Å²) in [6.45, 7) is 4.69. The molecule has 0 spiro atoms. The van der Waals surface area contributed by atoms with Crippen LogP contribution >= 0.6 is 11.3 Å². The SMILES string of the molecule is CC(C)CNC(=O)Cc1csc(C(N)=O)n1. The number of rotatable bonds is 5. The van der Waals surface area contributed by atoms with E-state index in [0.717, 1.165) is 11.3 Å². The Labute approximate surface area is 98.1 Å². The first-order chi connectivity index (χ1) is 7.49. The highest BCUT2D eigenvalue weighted by Crippen LogP contribution is 2.09. The van der Waals surface area contributed by atoms with Crippen LogP contribution in [0.15, 0.2) is 5.38 Å². The Morgan fingerprint density at radius 3 is 2.75 bits per heavy atom. The maximum atomic E-state index is 11.4. The van der Waals surface area contributed by atoms with Crippen molar-refractivity contribution in [3.8, 4) is 0 Å². The second kappa shape index (κ2) is 5.60. The van der Waals surface area contributed by atoms with Gasteiger partial charge in [0.25, 0.3) is 5.91 Å². The van der Waals surface area contributed by atoms with Crippen LogP contribution in [-0.4, -0.2) is 23.3 Å². The molecule has 0 bridgehead atoms. The molecule has 0 fully saturated rings. The molecule has 6 heteroatoms. The number of nitrogens with two attached hydrogens (primary N) is 1. The summed E-state index contributed by atoms with van der Waals surface area (Å²) in [6.07, 6.45) is 0.191. The van der Waals surface area contributed by atoms with Gasteiger partial charge < -0.3 is 11.1 Å². The number of carbonyl (C=O) groups is 2. The summed E-state index contributed by atoms with van der Waals surface area (Å²) >= 11 is 1.16. The van der Waals surface area contributed by atoms with E-state index in [0.29, 0.717) is 18.2 Å². The Morgan fingerprint density at radius 2 is 2.25 bits per heavy atom. The number of nitrogens with one attached hydrogen (secondary N) is 1. The summed E-state index contributed by atoms with van der Waals surface area (Å²) in [7, 11) is 0. The van der Waals surface area contributed by atoms with Crippen LogP contribution in [0.25, 0.3) is 0 Å².